The summed E-state index contributed by atoms with van der Waals surface area (Å²) in [5.74, 6) is -0.550. The van der Waals surface area contributed by atoms with Crippen molar-refractivity contribution >= 4 is 39.5 Å². The summed E-state index contributed by atoms with van der Waals surface area (Å²) < 4.78 is 68.5. The Balaban J connectivity index is 5.21. The van der Waals surface area contributed by atoms with Gasteiger partial charge in [0.05, 0.1) is 26.4 Å². The van der Waals surface area contributed by atoms with Gasteiger partial charge in [0.2, 0.25) is 0 Å². The van der Waals surface area contributed by atoms with Crippen molar-refractivity contribution in [2.45, 2.75) is 413 Å². The minimum absolute atomic E-state index is 0.105. The second kappa shape index (κ2) is 67.9. The molecule has 0 aromatic carbocycles. The average Bonchev–Trinajstić information content (AvgIpc) is 1.59. The molecule has 0 aliphatic rings. The average molecular weight is 1400 g/mol. The van der Waals surface area contributed by atoms with Crippen LogP contribution in [0, 0.1) is 11.8 Å². The first-order valence-corrected chi connectivity index (χ1v) is 42.5. The molecular weight excluding hydrogens is 1250 g/mol. The number of aliphatic hydroxyl groups is 1. The van der Waals surface area contributed by atoms with Gasteiger partial charge in [-0.15, -0.1) is 0 Å². The Labute approximate surface area is 581 Å². The van der Waals surface area contributed by atoms with Crippen molar-refractivity contribution in [3.8, 4) is 0 Å². The lowest BCUT2D eigenvalue weighted by Crippen LogP contribution is -2.30. The highest BCUT2D eigenvalue weighted by Gasteiger charge is 2.30. The van der Waals surface area contributed by atoms with Crippen molar-refractivity contribution in [3.63, 3.8) is 0 Å². The number of carbonyl (C=O) groups is 4. The summed E-state index contributed by atoms with van der Waals surface area (Å²) in [5.41, 5.74) is 0. The molecule has 0 fully saturated rings. The Hall–Kier alpha value is -1.94. The van der Waals surface area contributed by atoms with Crippen molar-refractivity contribution < 1.29 is 80.2 Å². The summed E-state index contributed by atoms with van der Waals surface area (Å²) in [6.45, 7) is 9.59. The maximum absolute atomic E-state index is 13.1. The predicted molar refractivity (Wildman–Crippen MR) is 386 cm³/mol. The molecule has 0 aromatic heterocycles. The fraction of sp³-hybridized carbons (Fsp3) is 0.947. The molecule has 95 heavy (non-hydrogen) atoms. The molecule has 0 bridgehead atoms. The van der Waals surface area contributed by atoms with Crippen LogP contribution in [0.15, 0.2) is 0 Å². The Kier molecular flexibility index (Phi) is 66.5. The van der Waals surface area contributed by atoms with Gasteiger partial charge >= 0.3 is 39.5 Å². The van der Waals surface area contributed by atoms with Gasteiger partial charge in [0.1, 0.15) is 19.3 Å². The highest BCUT2D eigenvalue weighted by molar-refractivity contribution is 7.47. The first kappa shape index (κ1) is 93.1. The standard InChI is InChI=1S/C76H148O17P2/c1-7-10-12-14-16-18-19-20-21-22-23-24-29-32-35-42-48-54-60-75(80)92-72(65-87-74(79)59-53-47-41-34-31-28-26-25-27-30-33-38-44-50-56-68(4)5)67-91-95(84,85)89-63-70(77)62-88-94(82,83)90-66-71(64-86-73(78)58-52-46-40-17-15-13-11-8-2)93-76(81)61-55-49-43-37-36-39-45-51-57-69(6)9-3/h68-72,77H,7-67H2,1-6H3,(H,82,83)(H,84,85)/t69?,70-,71+,72+/m0/s1. The molecular formula is C76H148O17P2. The van der Waals surface area contributed by atoms with Crippen LogP contribution >= 0.6 is 15.6 Å². The number of aliphatic hydroxyl groups excluding tert-OH is 1. The molecule has 0 saturated heterocycles. The zero-order valence-electron chi connectivity index (χ0n) is 62.0. The smallest absolute Gasteiger partial charge is 0.462 e. The first-order valence-electron chi connectivity index (χ1n) is 39.5. The highest BCUT2D eigenvalue weighted by atomic mass is 31.2. The summed E-state index contributed by atoms with van der Waals surface area (Å²) in [7, 11) is -9.91. The molecule has 0 radical (unpaired) electrons. The minimum atomic E-state index is -4.96. The lowest BCUT2D eigenvalue weighted by atomic mass is 9.99. The Morgan fingerprint density at radius 2 is 0.537 bits per heavy atom. The number of ether oxygens (including phenoxy) is 4. The molecule has 19 heteroatoms. The number of rotatable bonds is 75. The molecule has 6 atom stereocenters. The van der Waals surface area contributed by atoms with Crippen LogP contribution in [0.5, 0.6) is 0 Å². The van der Waals surface area contributed by atoms with Crippen molar-refractivity contribution in [2.75, 3.05) is 39.6 Å². The SMILES string of the molecule is CCCCCCCCCCCCCCCCCCCCC(=O)O[C@H](COC(=O)CCCCCCCCCCCCCCCCC(C)C)COP(=O)(O)OC[C@@H](O)COP(=O)(O)OC[C@@H](COC(=O)CCCCCCCCCC)OC(=O)CCCCCCCCCCC(C)CC. The Bertz CT molecular complexity index is 1840. The van der Waals surface area contributed by atoms with Gasteiger partial charge in [-0.05, 0) is 37.5 Å². The molecule has 0 aliphatic carbocycles. The molecule has 0 heterocycles. The number of hydrogen-bond acceptors (Lipinski definition) is 15. The summed E-state index contributed by atoms with van der Waals surface area (Å²) >= 11 is 0. The van der Waals surface area contributed by atoms with Gasteiger partial charge < -0.3 is 33.8 Å². The van der Waals surface area contributed by atoms with Crippen LogP contribution in [0.1, 0.15) is 395 Å². The lowest BCUT2D eigenvalue weighted by Gasteiger charge is -2.21. The van der Waals surface area contributed by atoms with Gasteiger partial charge in [0.25, 0.3) is 0 Å². The lowest BCUT2D eigenvalue weighted by molar-refractivity contribution is -0.161. The molecule has 0 aliphatic heterocycles. The van der Waals surface area contributed by atoms with Crippen molar-refractivity contribution in [1.82, 2.24) is 0 Å². The van der Waals surface area contributed by atoms with Gasteiger partial charge in [0.15, 0.2) is 12.2 Å². The fourth-order valence-electron chi connectivity index (χ4n) is 11.6. The molecule has 0 aromatic rings. The maximum atomic E-state index is 13.1. The summed E-state index contributed by atoms with van der Waals surface area (Å²) in [6, 6.07) is 0. The van der Waals surface area contributed by atoms with E-state index in [0.29, 0.717) is 25.7 Å². The number of phosphoric acid groups is 2. The predicted octanol–water partition coefficient (Wildman–Crippen LogP) is 22.3. The number of unbranched alkanes of at least 4 members (excludes halogenated alkanes) is 44. The van der Waals surface area contributed by atoms with Gasteiger partial charge in [-0.3, -0.25) is 37.3 Å². The van der Waals surface area contributed by atoms with E-state index < -0.39 is 97.5 Å². The van der Waals surface area contributed by atoms with E-state index >= 15 is 0 Å². The van der Waals surface area contributed by atoms with Crippen LogP contribution in [0.25, 0.3) is 0 Å². The summed E-state index contributed by atoms with van der Waals surface area (Å²) in [4.78, 5) is 72.7. The molecule has 0 saturated carbocycles. The first-order chi connectivity index (χ1) is 45.9. The van der Waals surface area contributed by atoms with E-state index in [1.807, 2.05) is 0 Å². The van der Waals surface area contributed by atoms with E-state index in [-0.39, 0.29) is 25.7 Å². The van der Waals surface area contributed by atoms with E-state index in [2.05, 4.69) is 41.5 Å². The Morgan fingerprint density at radius 1 is 0.305 bits per heavy atom. The molecule has 17 nitrogen and oxygen atoms in total. The van der Waals surface area contributed by atoms with Crippen molar-refractivity contribution in [2.24, 2.45) is 11.8 Å². The largest absolute Gasteiger partial charge is 0.472 e. The number of hydrogen-bond donors (Lipinski definition) is 3. The monoisotopic (exact) mass is 1400 g/mol. The van der Waals surface area contributed by atoms with Gasteiger partial charge in [-0.25, -0.2) is 9.13 Å². The molecule has 3 N–H and O–H groups in total. The summed E-state index contributed by atoms with van der Waals surface area (Å²) in [6.07, 6.45) is 55.5. The zero-order valence-corrected chi connectivity index (χ0v) is 63.8. The van der Waals surface area contributed by atoms with Crippen LogP contribution in [0.4, 0.5) is 0 Å². The molecule has 0 spiro atoms. The third-order valence-corrected chi connectivity index (χ3v) is 20.0. The highest BCUT2D eigenvalue weighted by Crippen LogP contribution is 2.45. The van der Waals surface area contributed by atoms with E-state index in [1.54, 1.807) is 0 Å². The van der Waals surface area contributed by atoms with E-state index in [4.69, 9.17) is 37.0 Å². The van der Waals surface area contributed by atoms with E-state index in [0.717, 1.165) is 108 Å². The van der Waals surface area contributed by atoms with Gasteiger partial charge in [-0.2, -0.15) is 0 Å². The third-order valence-electron chi connectivity index (χ3n) is 18.1. The van der Waals surface area contributed by atoms with Crippen LogP contribution < -0.4 is 0 Å². The molecule has 0 amide bonds. The quantitative estimate of drug-likeness (QED) is 0.0222. The molecule has 0 rings (SSSR count). The van der Waals surface area contributed by atoms with Gasteiger partial charge in [0, 0.05) is 25.7 Å². The molecule has 564 valence electrons. The zero-order chi connectivity index (χ0) is 70.0. The number of esters is 4. The van der Waals surface area contributed by atoms with Crippen LogP contribution in [0.3, 0.4) is 0 Å². The van der Waals surface area contributed by atoms with E-state index in [1.165, 1.54) is 205 Å². The summed E-state index contributed by atoms with van der Waals surface area (Å²) in [5, 5.41) is 10.6. The number of phosphoric ester groups is 2. The van der Waals surface area contributed by atoms with Gasteiger partial charge in [-0.1, -0.05) is 343 Å². The Morgan fingerprint density at radius 3 is 0.800 bits per heavy atom. The number of carbonyl (C=O) groups excluding carboxylic acids is 4. The van der Waals surface area contributed by atoms with Crippen molar-refractivity contribution in [3.05, 3.63) is 0 Å². The maximum Gasteiger partial charge on any atom is 0.472 e. The van der Waals surface area contributed by atoms with E-state index in [9.17, 15) is 43.2 Å². The normalized spacial score (nSPS) is 14.3. The van der Waals surface area contributed by atoms with Crippen LogP contribution in [0.2, 0.25) is 0 Å². The fourth-order valence-corrected chi connectivity index (χ4v) is 13.2. The molecule has 3 unspecified atom stereocenters. The topological polar surface area (TPSA) is 237 Å². The second-order valence-corrected chi connectivity index (χ2v) is 31.0. The van der Waals surface area contributed by atoms with Crippen molar-refractivity contribution in [1.29, 1.82) is 0 Å². The minimum Gasteiger partial charge on any atom is -0.462 e. The second-order valence-electron chi connectivity index (χ2n) is 28.1. The van der Waals surface area contributed by atoms with Crippen LogP contribution in [-0.4, -0.2) is 96.7 Å². The van der Waals surface area contributed by atoms with Crippen LogP contribution in [-0.2, 0) is 65.4 Å². The third kappa shape index (κ3) is 69.0.